The summed E-state index contributed by atoms with van der Waals surface area (Å²) in [5, 5.41) is 9.58. The Bertz CT molecular complexity index is 138. The molecule has 2 saturated heterocycles. The second kappa shape index (κ2) is 3.09. The van der Waals surface area contributed by atoms with Gasteiger partial charge >= 0.3 is 0 Å². The maximum absolute atomic E-state index is 9.58. The smallest absolute Gasteiger partial charge is 0.0718 e. The average Bonchev–Trinajstić information content (AvgIpc) is 2.06. The van der Waals surface area contributed by atoms with Crippen molar-refractivity contribution in [2.45, 2.75) is 25.0 Å². The number of aliphatic hydroxyl groups is 1. The second-order valence-corrected chi connectivity index (χ2v) is 3.39. The van der Waals surface area contributed by atoms with Crippen molar-refractivity contribution < 1.29 is 9.84 Å². The van der Waals surface area contributed by atoms with Gasteiger partial charge in [0.1, 0.15) is 0 Å². The van der Waals surface area contributed by atoms with E-state index in [-0.39, 0.29) is 12.1 Å². The molecule has 0 spiro atoms. The van der Waals surface area contributed by atoms with Crippen molar-refractivity contribution in [2.75, 3.05) is 26.3 Å². The van der Waals surface area contributed by atoms with Gasteiger partial charge in [0.15, 0.2) is 0 Å². The third-order valence-corrected chi connectivity index (χ3v) is 2.67. The highest BCUT2D eigenvalue weighted by molar-refractivity contribution is 4.85. The van der Waals surface area contributed by atoms with Gasteiger partial charge in [0.25, 0.3) is 0 Å². The summed E-state index contributed by atoms with van der Waals surface area (Å²) in [6, 6.07) is 0.289. The van der Waals surface area contributed by atoms with Gasteiger partial charge in [-0.05, 0) is 19.4 Å². The highest BCUT2D eigenvalue weighted by Crippen LogP contribution is 2.19. The lowest BCUT2D eigenvalue weighted by atomic mass is 9.99. The molecule has 2 heterocycles. The maximum atomic E-state index is 9.58. The zero-order chi connectivity index (χ0) is 7.68. The molecule has 2 unspecified atom stereocenters. The molecule has 0 amide bonds. The topological polar surface area (TPSA) is 32.7 Å². The van der Waals surface area contributed by atoms with E-state index in [0.717, 1.165) is 39.1 Å². The Balaban J connectivity index is 1.99. The van der Waals surface area contributed by atoms with Crippen molar-refractivity contribution in [2.24, 2.45) is 0 Å². The SMILES string of the molecule is OC1CCCN2CCOCC12. The Morgan fingerprint density at radius 3 is 3.09 bits per heavy atom. The summed E-state index contributed by atoms with van der Waals surface area (Å²) in [4.78, 5) is 2.34. The van der Waals surface area contributed by atoms with E-state index in [2.05, 4.69) is 4.90 Å². The molecule has 11 heavy (non-hydrogen) atoms. The van der Waals surface area contributed by atoms with Crippen molar-refractivity contribution in [1.29, 1.82) is 0 Å². The molecule has 0 aromatic heterocycles. The summed E-state index contributed by atoms with van der Waals surface area (Å²) in [5.74, 6) is 0. The zero-order valence-corrected chi connectivity index (χ0v) is 6.70. The van der Waals surface area contributed by atoms with Crippen molar-refractivity contribution in [3.63, 3.8) is 0 Å². The number of rotatable bonds is 0. The third kappa shape index (κ3) is 1.41. The average molecular weight is 157 g/mol. The highest BCUT2D eigenvalue weighted by atomic mass is 16.5. The monoisotopic (exact) mass is 157 g/mol. The molecule has 0 aliphatic carbocycles. The molecule has 64 valence electrons. The van der Waals surface area contributed by atoms with E-state index in [1.165, 1.54) is 0 Å². The highest BCUT2D eigenvalue weighted by Gasteiger charge is 2.31. The van der Waals surface area contributed by atoms with E-state index in [9.17, 15) is 5.11 Å². The van der Waals surface area contributed by atoms with Crippen molar-refractivity contribution in [3.05, 3.63) is 0 Å². The minimum absolute atomic E-state index is 0.149. The number of hydrogen-bond donors (Lipinski definition) is 1. The van der Waals surface area contributed by atoms with Crippen LogP contribution in [0.25, 0.3) is 0 Å². The van der Waals surface area contributed by atoms with Crippen LogP contribution in [-0.2, 0) is 4.74 Å². The summed E-state index contributed by atoms with van der Waals surface area (Å²) in [6.45, 7) is 3.71. The van der Waals surface area contributed by atoms with E-state index in [1.807, 2.05) is 0 Å². The molecule has 2 fully saturated rings. The Morgan fingerprint density at radius 2 is 2.27 bits per heavy atom. The normalized spacial score (nSPS) is 40.1. The van der Waals surface area contributed by atoms with Crippen LogP contribution in [0.2, 0.25) is 0 Å². The summed E-state index contributed by atoms with van der Waals surface area (Å²) < 4.78 is 5.31. The molecule has 0 saturated carbocycles. The molecule has 2 rings (SSSR count). The minimum Gasteiger partial charge on any atom is -0.391 e. The van der Waals surface area contributed by atoms with Crippen LogP contribution in [0, 0.1) is 0 Å². The molecule has 0 bridgehead atoms. The number of fused-ring (bicyclic) bond motifs is 1. The van der Waals surface area contributed by atoms with Gasteiger partial charge in [-0.15, -0.1) is 0 Å². The molecule has 2 atom stereocenters. The number of aliphatic hydroxyl groups excluding tert-OH is 1. The lowest BCUT2D eigenvalue weighted by Crippen LogP contribution is -2.54. The lowest BCUT2D eigenvalue weighted by Gasteiger charge is -2.41. The zero-order valence-electron chi connectivity index (χ0n) is 6.70. The maximum Gasteiger partial charge on any atom is 0.0718 e. The van der Waals surface area contributed by atoms with E-state index in [1.54, 1.807) is 0 Å². The molecule has 1 N–H and O–H groups in total. The van der Waals surface area contributed by atoms with Gasteiger partial charge in [-0.2, -0.15) is 0 Å². The largest absolute Gasteiger partial charge is 0.391 e. The van der Waals surface area contributed by atoms with Crippen molar-refractivity contribution in [3.8, 4) is 0 Å². The summed E-state index contributed by atoms with van der Waals surface area (Å²) in [7, 11) is 0. The fourth-order valence-electron chi connectivity index (χ4n) is 1.99. The van der Waals surface area contributed by atoms with Crippen LogP contribution >= 0.6 is 0 Å². The number of morpholine rings is 1. The molecule has 3 heteroatoms. The van der Waals surface area contributed by atoms with Crippen LogP contribution in [0.15, 0.2) is 0 Å². The number of piperidine rings is 1. The summed E-state index contributed by atoms with van der Waals surface area (Å²) in [5.41, 5.74) is 0. The van der Waals surface area contributed by atoms with Crippen LogP contribution in [0.4, 0.5) is 0 Å². The second-order valence-electron chi connectivity index (χ2n) is 3.39. The molecular formula is C8H15NO2. The predicted octanol–water partition coefficient (Wildman–Crippen LogP) is -0.158. The number of hydrogen-bond acceptors (Lipinski definition) is 3. The number of nitrogens with zero attached hydrogens (tertiary/aromatic N) is 1. The lowest BCUT2D eigenvalue weighted by molar-refractivity contribution is -0.0787. The Kier molecular flexibility index (Phi) is 2.11. The Labute approximate surface area is 66.9 Å². The molecule has 2 aliphatic rings. The number of ether oxygens (including phenoxy) is 1. The van der Waals surface area contributed by atoms with Crippen LogP contribution in [-0.4, -0.2) is 48.5 Å². The van der Waals surface area contributed by atoms with Gasteiger partial charge in [0.05, 0.1) is 25.4 Å². The quantitative estimate of drug-likeness (QED) is 0.530. The van der Waals surface area contributed by atoms with Crippen LogP contribution in [0.3, 0.4) is 0 Å². The molecule has 3 nitrogen and oxygen atoms in total. The summed E-state index contributed by atoms with van der Waals surface area (Å²) in [6.07, 6.45) is 1.94. The van der Waals surface area contributed by atoms with E-state index in [4.69, 9.17) is 4.74 Å². The van der Waals surface area contributed by atoms with Gasteiger partial charge in [0, 0.05) is 6.54 Å². The first-order valence-electron chi connectivity index (χ1n) is 4.38. The van der Waals surface area contributed by atoms with E-state index < -0.39 is 0 Å². The first-order valence-corrected chi connectivity index (χ1v) is 4.38. The Morgan fingerprint density at radius 1 is 1.36 bits per heavy atom. The van der Waals surface area contributed by atoms with Crippen molar-refractivity contribution >= 4 is 0 Å². The van der Waals surface area contributed by atoms with Gasteiger partial charge in [-0.1, -0.05) is 0 Å². The van der Waals surface area contributed by atoms with Gasteiger partial charge in [-0.25, -0.2) is 0 Å². The van der Waals surface area contributed by atoms with Crippen LogP contribution in [0.1, 0.15) is 12.8 Å². The molecule has 0 radical (unpaired) electrons. The molecule has 0 aromatic rings. The predicted molar refractivity (Wildman–Crippen MR) is 41.4 cm³/mol. The van der Waals surface area contributed by atoms with Crippen LogP contribution in [0.5, 0.6) is 0 Å². The first kappa shape index (κ1) is 7.53. The van der Waals surface area contributed by atoms with Crippen molar-refractivity contribution in [1.82, 2.24) is 4.90 Å². The first-order chi connectivity index (χ1) is 5.38. The fourth-order valence-corrected chi connectivity index (χ4v) is 1.99. The Hall–Kier alpha value is -0.120. The van der Waals surface area contributed by atoms with Gasteiger partial charge < -0.3 is 9.84 Å². The van der Waals surface area contributed by atoms with E-state index in [0.29, 0.717) is 0 Å². The molecule has 0 aromatic carbocycles. The molecular weight excluding hydrogens is 142 g/mol. The molecule has 2 aliphatic heterocycles. The van der Waals surface area contributed by atoms with Gasteiger partial charge in [0.2, 0.25) is 0 Å². The van der Waals surface area contributed by atoms with Gasteiger partial charge in [-0.3, -0.25) is 4.90 Å². The summed E-state index contributed by atoms with van der Waals surface area (Å²) >= 11 is 0. The minimum atomic E-state index is -0.149. The fraction of sp³-hybridized carbons (Fsp3) is 1.00. The standard InChI is InChI=1S/C8H15NO2/c10-8-2-1-3-9-4-5-11-6-7(8)9/h7-8,10H,1-6H2. The van der Waals surface area contributed by atoms with Crippen LogP contribution < -0.4 is 0 Å². The van der Waals surface area contributed by atoms with E-state index >= 15 is 0 Å². The third-order valence-electron chi connectivity index (χ3n) is 2.67.